The highest BCUT2D eigenvalue weighted by molar-refractivity contribution is 6.30. The van der Waals surface area contributed by atoms with Gasteiger partial charge >= 0.3 is 0 Å². The van der Waals surface area contributed by atoms with E-state index in [-0.39, 0.29) is 12.1 Å². The number of aliphatic hydroxyl groups is 1. The Morgan fingerprint density at radius 2 is 1.58 bits per heavy atom. The summed E-state index contributed by atoms with van der Waals surface area (Å²) in [5.41, 5.74) is 6.16. The van der Waals surface area contributed by atoms with E-state index in [0.717, 1.165) is 67.0 Å². The van der Waals surface area contributed by atoms with Gasteiger partial charge in [0.1, 0.15) is 11.6 Å². The van der Waals surface area contributed by atoms with Crippen molar-refractivity contribution in [1.29, 1.82) is 0 Å². The van der Waals surface area contributed by atoms with Gasteiger partial charge < -0.3 is 20.6 Å². The first-order chi connectivity index (χ1) is 25.4. The minimum Gasteiger partial charge on any atom is -0.393 e. The molecule has 1 aromatic heterocycles. The van der Waals surface area contributed by atoms with Crippen LogP contribution in [0.5, 0.6) is 0 Å². The number of rotatable bonds is 15. The van der Waals surface area contributed by atoms with Crippen molar-refractivity contribution in [2.45, 2.75) is 152 Å². The highest BCUT2D eigenvalue weighted by Gasteiger charge is 2.23. The summed E-state index contributed by atoms with van der Waals surface area (Å²) in [4.78, 5) is 11.8. The summed E-state index contributed by atoms with van der Waals surface area (Å²) in [5.74, 6) is 1.53. The summed E-state index contributed by atoms with van der Waals surface area (Å²) in [6, 6.07) is 13.1. The molecular weight excluding hydrogens is 681 g/mol. The molecule has 2 aromatic carbocycles. The molecule has 0 spiro atoms. The molecule has 298 valence electrons. The van der Waals surface area contributed by atoms with Crippen LogP contribution in [0.2, 0.25) is 5.02 Å². The Bertz CT molecular complexity index is 1420. The molecule has 1 heterocycles. The number of benzene rings is 2. The van der Waals surface area contributed by atoms with E-state index in [4.69, 9.17) is 16.6 Å². The quantitative estimate of drug-likeness (QED) is 0.134. The molecule has 1 fully saturated rings. The largest absolute Gasteiger partial charge is 0.393 e. The summed E-state index contributed by atoms with van der Waals surface area (Å²) in [5, 5.41) is 17.0. The van der Waals surface area contributed by atoms with Crippen molar-refractivity contribution in [3.05, 3.63) is 81.8 Å². The number of anilines is 3. The second-order valence-electron chi connectivity index (χ2n) is 14.3. The molecule has 4 rings (SSSR count). The first-order valence-electron chi connectivity index (χ1n) is 20.5. The van der Waals surface area contributed by atoms with Crippen LogP contribution in [0.4, 0.5) is 21.8 Å². The fraction of sp³-hybridized carbons (Fsp3) is 0.600. The minimum absolute atomic E-state index is 0.198. The Kier molecular flexibility index (Phi) is 25.0. The lowest BCUT2D eigenvalue weighted by Gasteiger charge is -2.28. The van der Waals surface area contributed by atoms with E-state index in [1.807, 2.05) is 20.0 Å². The maximum absolute atomic E-state index is 13.9. The second kappa shape index (κ2) is 27.6. The maximum atomic E-state index is 13.9. The van der Waals surface area contributed by atoms with Crippen molar-refractivity contribution in [1.82, 2.24) is 14.9 Å². The van der Waals surface area contributed by atoms with E-state index in [9.17, 15) is 9.50 Å². The number of aryl methyl sites for hydroxylation is 1. The molecule has 1 aliphatic carbocycles. The summed E-state index contributed by atoms with van der Waals surface area (Å²) in [7, 11) is 2.21. The van der Waals surface area contributed by atoms with E-state index in [1.165, 1.54) is 68.5 Å². The van der Waals surface area contributed by atoms with Gasteiger partial charge in [-0.1, -0.05) is 123 Å². The molecule has 0 saturated heterocycles. The Balaban J connectivity index is 0.000000691. The Morgan fingerprint density at radius 1 is 0.943 bits per heavy atom. The molecule has 3 aromatic rings. The number of allylic oxidation sites excluding steroid dienone is 1. The zero-order valence-electron chi connectivity index (χ0n) is 35.1. The summed E-state index contributed by atoms with van der Waals surface area (Å²) >= 11 is 6.04. The molecule has 1 aliphatic rings. The monoisotopic (exact) mass is 754 g/mol. The number of hydrogen-bond donors (Lipinski definition) is 3. The van der Waals surface area contributed by atoms with Crippen LogP contribution in [0.3, 0.4) is 0 Å². The Hall–Kier alpha value is -3.00. The van der Waals surface area contributed by atoms with E-state index >= 15 is 0 Å². The lowest BCUT2D eigenvalue weighted by atomic mass is 9.91. The molecule has 0 bridgehead atoms. The van der Waals surface area contributed by atoms with Gasteiger partial charge in [-0.15, -0.1) is 0 Å². The average molecular weight is 755 g/mol. The van der Waals surface area contributed by atoms with Gasteiger partial charge in [0.2, 0.25) is 5.95 Å². The Labute approximate surface area is 328 Å². The van der Waals surface area contributed by atoms with E-state index < -0.39 is 5.82 Å². The van der Waals surface area contributed by atoms with Crippen LogP contribution >= 0.6 is 11.6 Å². The van der Waals surface area contributed by atoms with Crippen LogP contribution in [-0.2, 0) is 6.42 Å². The van der Waals surface area contributed by atoms with Crippen LogP contribution in [0.25, 0.3) is 5.57 Å². The second-order valence-corrected chi connectivity index (χ2v) is 14.7. The van der Waals surface area contributed by atoms with Gasteiger partial charge in [0.15, 0.2) is 0 Å². The van der Waals surface area contributed by atoms with Gasteiger partial charge in [-0.25, -0.2) is 9.37 Å². The first-order valence-corrected chi connectivity index (χ1v) is 20.8. The molecule has 53 heavy (non-hydrogen) atoms. The lowest BCUT2D eigenvalue weighted by molar-refractivity contribution is 0.126. The molecule has 8 heteroatoms. The predicted octanol–water partition coefficient (Wildman–Crippen LogP) is 13.1. The average Bonchev–Trinajstić information content (AvgIpc) is 3.15. The summed E-state index contributed by atoms with van der Waals surface area (Å²) in [6.45, 7) is 24.1. The third-order valence-electron chi connectivity index (χ3n) is 9.39. The zero-order valence-corrected chi connectivity index (χ0v) is 35.8. The van der Waals surface area contributed by atoms with E-state index in [2.05, 4.69) is 107 Å². The molecule has 6 nitrogen and oxygen atoms in total. The molecule has 0 atom stereocenters. The Morgan fingerprint density at radius 3 is 2.11 bits per heavy atom. The number of aromatic nitrogens is 2. The molecule has 0 amide bonds. The lowest BCUT2D eigenvalue weighted by Crippen LogP contribution is -2.29. The normalized spacial score (nSPS) is 15.6. The summed E-state index contributed by atoms with van der Waals surface area (Å²) < 4.78 is 13.9. The number of halogens is 2. The molecular formula is C45H73ClFN5O. The van der Waals surface area contributed by atoms with E-state index in [1.54, 1.807) is 6.07 Å². The highest BCUT2D eigenvalue weighted by Crippen LogP contribution is 2.35. The van der Waals surface area contributed by atoms with Crippen LogP contribution < -0.4 is 10.6 Å². The number of unbranched alkanes of at least 4 members (excludes halogenated alkanes) is 2. The molecule has 3 N–H and O–H groups in total. The number of aliphatic hydroxyl groups excluding tert-OH is 1. The van der Waals surface area contributed by atoms with Crippen LogP contribution in [0, 0.1) is 11.7 Å². The third kappa shape index (κ3) is 18.7. The predicted molar refractivity (Wildman–Crippen MR) is 230 cm³/mol. The third-order valence-corrected chi connectivity index (χ3v) is 9.61. The van der Waals surface area contributed by atoms with Gasteiger partial charge in [-0.3, -0.25) is 0 Å². The molecule has 0 radical (unpaired) electrons. The highest BCUT2D eigenvalue weighted by atomic mass is 35.5. The van der Waals surface area contributed by atoms with Crippen molar-refractivity contribution in [2.24, 2.45) is 5.92 Å². The fourth-order valence-corrected chi connectivity index (χ4v) is 5.97. The van der Waals surface area contributed by atoms with Crippen molar-refractivity contribution in [3.63, 3.8) is 0 Å². The van der Waals surface area contributed by atoms with Crippen LogP contribution in [0.15, 0.2) is 54.2 Å². The van der Waals surface area contributed by atoms with Gasteiger partial charge in [-0.05, 0) is 119 Å². The maximum Gasteiger partial charge on any atom is 0.229 e. The molecule has 0 aliphatic heterocycles. The smallest absolute Gasteiger partial charge is 0.229 e. The van der Waals surface area contributed by atoms with Crippen molar-refractivity contribution in [3.8, 4) is 0 Å². The van der Waals surface area contributed by atoms with Crippen molar-refractivity contribution in [2.75, 3.05) is 30.8 Å². The van der Waals surface area contributed by atoms with Gasteiger partial charge in [0, 0.05) is 28.5 Å². The zero-order chi connectivity index (χ0) is 39.8. The van der Waals surface area contributed by atoms with Crippen LogP contribution in [0.1, 0.15) is 150 Å². The minimum atomic E-state index is -0.431. The van der Waals surface area contributed by atoms with E-state index in [0.29, 0.717) is 16.7 Å². The number of nitrogens with one attached hydrogen (secondary N) is 2. The van der Waals surface area contributed by atoms with Gasteiger partial charge in [0.05, 0.1) is 6.10 Å². The topological polar surface area (TPSA) is 73.3 Å². The van der Waals surface area contributed by atoms with Gasteiger partial charge in [-0.2, -0.15) is 4.98 Å². The van der Waals surface area contributed by atoms with Gasteiger partial charge in [0.25, 0.3) is 0 Å². The standard InChI is InChI=1S/C29H34ClFN4O.C9H21N.C5H12.C2H6/c1-4-18(3)27(20-8-6-19(5-2)7-9-20)26-17-32-29(34-24-15-21(30)14-22(31)16-24)35-28(26)33-23-10-12-25(36)13-11-23;1-4-6-7-9-10(3)8-5-2;1-4-5(2)3;1-2/h6-9,14-17,23,25,36H,4-5,10-13H2,1-3H3,(H2,32,33,34,35);4-9H2,1-3H3;5H,4H2,1-3H3;1-2H3. The summed E-state index contributed by atoms with van der Waals surface area (Å²) in [6.07, 6.45) is 13.4. The first kappa shape index (κ1) is 48.0. The van der Waals surface area contributed by atoms with Crippen molar-refractivity contribution >= 4 is 34.6 Å². The number of nitrogens with zero attached hydrogens (tertiary/aromatic N) is 3. The SMILES string of the molecule is CC.CCC(C)=C(c1ccc(CC)cc1)c1cnc(Nc2cc(F)cc(Cl)c2)nc1NC1CCC(O)CC1.CCC(C)C.CCCCCN(C)CCC. The number of hydrogen-bond acceptors (Lipinski definition) is 6. The fourth-order valence-electron chi connectivity index (χ4n) is 5.74. The van der Waals surface area contributed by atoms with Crippen molar-refractivity contribution < 1.29 is 9.50 Å². The van der Waals surface area contributed by atoms with Crippen LogP contribution in [-0.4, -0.2) is 52.3 Å². The molecule has 0 unspecified atom stereocenters. The molecule has 1 saturated carbocycles.